The van der Waals surface area contributed by atoms with Crippen molar-refractivity contribution < 1.29 is 19.1 Å². The van der Waals surface area contributed by atoms with Crippen LogP contribution in [0.1, 0.15) is 6.42 Å². The van der Waals surface area contributed by atoms with Crippen LogP contribution in [0.4, 0.5) is 0 Å². The number of rotatable bonds is 7. The summed E-state index contributed by atoms with van der Waals surface area (Å²) in [6.45, 7) is 0.0694. The van der Waals surface area contributed by atoms with Crippen LogP contribution in [-0.4, -0.2) is 48.4 Å². The summed E-state index contributed by atoms with van der Waals surface area (Å²) in [5.41, 5.74) is 0. The Morgan fingerprint density at radius 3 is 2.63 bits per heavy atom. The number of aromatic nitrogens is 2. The van der Waals surface area contributed by atoms with Gasteiger partial charge >= 0.3 is 5.97 Å². The maximum atomic E-state index is 11.4. The molecular weight excluding hydrogens is 270 g/mol. The van der Waals surface area contributed by atoms with Crippen molar-refractivity contribution in [1.82, 2.24) is 15.3 Å². The van der Waals surface area contributed by atoms with Gasteiger partial charge in [0.1, 0.15) is 0 Å². The van der Waals surface area contributed by atoms with E-state index in [1.165, 1.54) is 31.3 Å². The van der Waals surface area contributed by atoms with Gasteiger partial charge < -0.3 is 14.8 Å². The topological polar surface area (TPSA) is 90.4 Å². The molecule has 1 aromatic rings. The number of hydrogen-bond donors (Lipinski definition) is 1. The van der Waals surface area contributed by atoms with E-state index >= 15 is 0 Å². The van der Waals surface area contributed by atoms with Gasteiger partial charge in [-0.3, -0.25) is 9.59 Å². The van der Waals surface area contributed by atoms with Crippen molar-refractivity contribution in [3.8, 4) is 5.75 Å². The number of thioether (sulfide) groups is 1. The van der Waals surface area contributed by atoms with Crippen LogP contribution in [0.15, 0.2) is 17.6 Å². The molecule has 1 aromatic heterocycles. The Morgan fingerprint density at radius 2 is 2.05 bits per heavy atom. The Balaban J connectivity index is 2.23. The van der Waals surface area contributed by atoms with Gasteiger partial charge in [0, 0.05) is 6.54 Å². The van der Waals surface area contributed by atoms with Crippen LogP contribution < -0.4 is 10.1 Å². The van der Waals surface area contributed by atoms with E-state index in [-0.39, 0.29) is 31.4 Å². The highest BCUT2D eigenvalue weighted by Crippen LogP contribution is 2.11. The number of ether oxygens (including phenoxy) is 2. The maximum absolute atomic E-state index is 11.4. The molecule has 1 heterocycles. The number of hydrogen-bond acceptors (Lipinski definition) is 7. The SMILES string of the molecule is COC(=O)CCNC(=O)COc1cnc(SC)nc1. The molecule has 0 saturated carbocycles. The molecule has 19 heavy (non-hydrogen) atoms. The predicted octanol–water partition coefficient (Wildman–Crippen LogP) is 0.257. The fraction of sp³-hybridized carbons (Fsp3) is 0.455. The van der Waals surface area contributed by atoms with Crippen LogP contribution in [-0.2, 0) is 14.3 Å². The van der Waals surface area contributed by atoms with Gasteiger partial charge in [0.25, 0.3) is 5.91 Å². The molecular formula is C11H15N3O4S. The molecule has 1 rings (SSSR count). The molecule has 0 aromatic carbocycles. The third kappa shape index (κ3) is 6.05. The molecule has 7 nitrogen and oxygen atoms in total. The van der Waals surface area contributed by atoms with Gasteiger partial charge in [0.05, 0.1) is 25.9 Å². The minimum atomic E-state index is -0.373. The molecule has 0 radical (unpaired) electrons. The van der Waals surface area contributed by atoms with Crippen molar-refractivity contribution in [2.45, 2.75) is 11.6 Å². The van der Waals surface area contributed by atoms with Crippen LogP contribution in [0, 0.1) is 0 Å². The summed E-state index contributed by atoms with van der Waals surface area (Å²) in [7, 11) is 1.30. The molecule has 1 N–H and O–H groups in total. The molecule has 0 saturated heterocycles. The Bertz CT molecular complexity index is 424. The van der Waals surface area contributed by atoms with Crippen molar-refractivity contribution in [3.63, 3.8) is 0 Å². The number of amides is 1. The smallest absolute Gasteiger partial charge is 0.307 e. The highest BCUT2D eigenvalue weighted by Gasteiger charge is 2.05. The zero-order chi connectivity index (χ0) is 14.1. The summed E-state index contributed by atoms with van der Waals surface area (Å²) >= 11 is 1.42. The first-order valence-corrected chi connectivity index (χ1v) is 6.70. The molecule has 0 unspecified atom stereocenters. The lowest BCUT2D eigenvalue weighted by molar-refractivity contribution is -0.140. The van der Waals surface area contributed by atoms with Gasteiger partial charge in [0.2, 0.25) is 0 Å². The van der Waals surface area contributed by atoms with E-state index in [2.05, 4.69) is 20.0 Å². The molecule has 8 heteroatoms. The fourth-order valence-corrected chi connectivity index (χ4v) is 1.41. The molecule has 0 fully saturated rings. The maximum Gasteiger partial charge on any atom is 0.307 e. The van der Waals surface area contributed by atoms with Crippen LogP contribution in [0.25, 0.3) is 0 Å². The van der Waals surface area contributed by atoms with Gasteiger partial charge in [-0.05, 0) is 6.26 Å². The molecule has 1 amide bonds. The van der Waals surface area contributed by atoms with Crippen molar-refractivity contribution in [1.29, 1.82) is 0 Å². The van der Waals surface area contributed by atoms with E-state index in [1.807, 2.05) is 6.26 Å². The minimum Gasteiger partial charge on any atom is -0.481 e. The van der Waals surface area contributed by atoms with Crippen LogP contribution in [0.2, 0.25) is 0 Å². The standard InChI is InChI=1S/C11H15N3O4S/c1-17-10(16)3-4-12-9(15)7-18-8-5-13-11(19-2)14-6-8/h5-6H,3-4,7H2,1-2H3,(H,12,15). The van der Waals surface area contributed by atoms with E-state index in [4.69, 9.17) is 4.74 Å². The highest BCUT2D eigenvalue weighted by atomic mass is 32.2. The second-order valence-corrected chi connectivity index (χ2v) is 4.14. The molecule has 0 aliphatic carbocycles. The van der Waals surface area contributed by atoms with Gasteiger partial charge in [-0.2, -0.15) is 0 Å². The number of esters is 1. The first-order valence-electron chi connectivity index (χ1n) is 5.48. The Kier molecular flexibility index (Phi) is 6.65. The quantitative estimate of drug-likeness (QED) is 0.436. The first kappa shape index (κ1) is 15.2. The highest BCUT2D eigenvalue weighted by molar-refractivity contribution is 7.98. The first-order chi connectivity index (χ1) is 9.15. The Hall–Kier alpha value is -1.83. The summed E-state index contributed by atoms with van der Waals surface area (Å²) in [5.74, 6) is -0.277. The molecule has 0 atom stereocenters. The molecule has 0 aliphatic rings. The Labute approximate surface area is 115 Å². The lowest BCUT2D eigenvalue weighted by atomic mass is 10.4. The molecule has 0 bridgehead atoms. The van der Waals surface area contributed by atoms with E-state index in [9.17, 15) is 9.59 Å². The van der Waals surface area contributed by atoms with Crippen LogP contribution in [0.3, 0.4) is 0 Å². The lowest BCUT2D eigenvalue weighted by Crippen LogP contribution is -2.30. The normalized spacial score (nSPS) is 9.79. The summed E-state index contributed by atoms with van der Waals surface area (Å²) in [5, 5.41) is 3.17. The number of carbonyl (C=O) groups excluding carboxylic acids is 2. The predicted molar refractivity (Wildman–Crippen MR) is 69.0 cm³/mol. The van der Waals surface area contributed by atoms with Crippen LogP contribution >= 0.6 is 11.8 Å². The van der Waals surface area contributed by atoms with Crippen molar-refractivity contribution in [2.24, 2.45) is 0 Å². The second kappa shape index (κ2) is 8.30. The monoisotopic (exact) mass is 285 g/mol. The number of nitrogens with zero attached hydrogens (tertiary/aromatic N) is 2. The van der Waals surface area contributed by atoms with Gasteiger partial charge in [-0.15, -0.1) is 0 Å². The summed E-state index contributed by atoms with van der Waals surface area (Å²) in [6.07, 6.45) is 5.00. The second-order valence-electron chi connectivity index (χ2n) is 3.37. The van der Waals surface area contributed by atoms with Crippen molar-refractivity contribution in [2.75, 3.05) is 26.5 Å². The van der Waals surface area contributed by atoms with Crippen molar-refractivity contribution in [3.05, 3.63) is 12.4 Å². The molecule has 0 aliphatic heterocycles. The number of nitrogens with one attached hydrogen (secondary N) is 1. The minimum absolute atomic E-state index is 0.133. The number of carbonyl (C=O) groups is 2. The van der Waals surface area contributed by atoms with E-state index < -0.39 is 0 Å². The molecule has 0 spiro atoms. The van der Waals surface area contributed by atoms with Gasteiger partial charge in [0.15, 0.2) is 17.5 Å². The van der Waals surface area contributed by atoms with Crippen molar-refractivity contribution >= 4 is 23.6 Å². The summed E-state index contributed by atoms with van der Waals surface area (Å²) < 4.78 is 9.63. The van der Waals surface area contributed by atoms with Crippen LogP contribution in [0.5, 0.6) is 5.75 Å². The van der Waals surface area contributed by atoms with Gasteiger partial charge in [-0.1, -0.05) is 11.8 Å². The molecule has 104 valence electrons. The summed E-state index contributed by atoms with van der Waals surface area (Å²) in [4.78, 5) is 30.2. The van der Waals surface area contributed by atoms with E-state index in [0.717, 1.165) is 0 Å². The third-order valence-electron chi connectivity index (χ3n) is 2.04. The third-order valence-corrected chi connectivity index (χ3v) is 2.61. The largest absolute Gasteiger partial charge is 0.481 e. The average molecular weight is 285 g/mol. The fourth-order valence-electron chi connectivity index (χ4n) is 1.09. The zero-order valence-corrected chi connectivity index (χ0v) is 11.5. The number of methoxy groups -OCH3 is 1. The van der Waals surface area contributed by atoms with E-state index in [1.54, 1.807) is 0 Å². The Morgan fingerprint density at radius 1 is 1.37 bits per heavy atom. The van der Waals surface area contributed by atoms with E-state index in [0.29, 0.717) is 10.9 Å². The average Bonchev–Trinajstić information content (AvgIpc) is 2.45. The zero-order valence-electron chi connectivity index (χ0n) is 10.7. The van der Waals surface area contributed by atoms with Gasteiger partial charge in [-0.25, -0.2) is 9.97 Å². The summed E-state index contributed by atoms with van der Waals surface area (Å²) in [6, 6.07) is 0. The lowest BCUT2D eigenvalue weighted by Gasteiger charge is -2.06.